The summed E-state index contributed by atoms with van der Waals surface area (Å²) >= 11 is 1.14. The molecule has 2 aromatic rings. The van der Waals surface area contributed by atoms with Gasteiger partial charge >= 0.3 is 0 Å². The van der Waals surface area contributed by atoms with Crippen molar-refractivity contribution in [1.82, 2.24) is 15.2 Å². The van der Waals surface area contributed by atoms with E-state index >= 15 is 0 Å². The molecule has 7 heteroatoms. The molecule has 1 aliphatic rings. The van der Waals surface area contributed by atoms with Crippen LogP contribution in [-0.4, -0.2) is 41.3 Å². The minimum absolute atomic E-state index is 0.0610. The van der Waals surface area contributed by atoms with Gasteiger partial charge in [-0.15, -0.1) is 11.3 Å². The van der Waals surface area contributed by atoms with Crippen LogP contribution in [0.2, 0.25) is 0 Å². The normalized spacial score (nSPS) is 18.2. The van der Waals surface area contributed by atoms with Crippen LogP contribution in [0.5, 0.6) is 0 Å². The topological polar surface area (TPSA) is 88.3 Å². The first-order valence-corrected chi connectivity index (χ1v) is 7.79. The molecule has 0 spiro atoms. The number of nitrogens with zero attached hydrogens (tertiary/aromatic N) is 2. The molecule has 0 aliphatic carbocycles. The van der Waals surface area contributed by atoms with Gasteiger partial charge < -0.3 is 16.0 Å². The predicted octanol–water partition coefficient (Wildman–Crippen LogP) is 1.03. The molecule has 1 aliphatic heterocycles. The largest absolute Gasteiger partial charge is 0.365 e. The lowest BCUT2D eigenvalue weighted by atomic mass is 10.1. The van der Waals surface area contributed by atoms with Gasteiger partial charge in [0, 0.05) is 32.0 Å². The Kier molecular flexibility index (Phi) is 4.17. The van der Waals surface area contributed by atoms with E-state index < -0.39 is 5.91 Å². The highest BCUT2D eigenvalue weighted by atomic mass is 32.1. The van der Waals surface area contributed by atoms with Crippen LogP contribution >= 0.6 is 11.3 Å². The fraction of sp³-hybridized carbons (Fsp3) is 0.267. The maximum Gasteiger partial charge on any atom is 0.264 e. The van der Waals surface area contributed by atoms with Gasteiger partial charge in [-0.2, -0.15) is 0 Å². The molecule has 3 N–H and O–H groups in total. The van der Waals surface area contributed by atoms with Crippen LogP contribution < -0.4 is 11.1 Å². The molecule has 22 heavy (non-hydrogen) atoms. The van der Waals surface area contributed by atoms with Crippen molar-refractivity contribution in [2.24, 2.45) is 5.73 Å². The maximum atomic E-state index is 12.8. The Morgan fingerprint density at radius 1 is 1.32 bits per heavy atom. The zero-order valence-corrected chi connectivity index (χ0v) is 12.7. The van der Waals surface area contributed by atoms with E-state index in [1.807, 2.05) is 17.0 Å². The molecule has 114 valence electrons. The number of nitrogens with one attached hydrogen (secondary N) is 1. The van der Waals surface area contributed by atoms with E-state index in [1.165, 1.54) is 0 Å². The first-order valence-electron chi connectivity index (χ1n) is 6.98. The van der Waals surface area contributed by atoms with Gasteiger partial charge in [-0.05, 0) is 23.8 Å². The number of amides is 2. The molecular formula is C15H16N4O2S. The van der Waals surface area contributed by atoms with Crippen LogP contribution in [0, 0.1) is 0 Å². The van der Waals surface area contributed by atoms with Gasteiger partial charge in [0.1, 0.15) is 0 Å². The summed E-state index contributed by atoms with van der Waals surface area (Å²) in [4.78, 5) is 30.8. The number of rotatable bonds is 3. The van der Waals surface area contributed by atoms with Gasteiger partial charge in [0.15, 0.2) is 0 Å². The standard InChI is InChI=1S/C15H16N4O2S/c16-14(20)12-3-4-13(22-12)15(21)19-7-6-18-9-11(19)10-2-1-5-17-8-10/h1-5,8,11,18H,6-7,9H2,(H2,16,20). The van der Waals surface area contributed by atoms with Crippen molar-refractivity contribution < 1.29 is 9.59 Å². The van der Waals surface area contributed by atoms with Crippen molar-refractivity contribution in [3.8, 4) is 0 Å². The van der Waals surface area contributed by atoms with E-state index in [2.05, 4.69) is 10.3 Å². The lowest BCUT2D eigenvalue weighted by molar-refractivity contribution is 0.0639. The molecule has 1 fully saturated rings. The Morgan fingerprint density at radius 2 is 2.14 bits per heavy atom. The Labute approximate surface area is 132 Å². The third kappa shape index (κ3) is 2.86. The van der Waals surface area contributed by atoms with E-state index in [0.717, 1.165) is 23.4 Å². The average Bonchev–Trinajstić information content (AvgIpc) is 3.05. The molecule has 3 heterocycles. The highest BCUT2D eigenvalue weighted by Gasteiger charge is 2.29. The summed E-state index contributed by atoms with van der Waals surface area (Å²) in [7, 11) is 0. The second-order valence-electron chi connectivity index (χ2n) is 5.03. The van der Waals surface area contributed by atoms with Gasteiger partial charge in [-0.25, -0.2) is 0 Å². The van der Waals surface area contributed by atoms with Crippen LogP contribution in [0.15, 0.2) is 36.7 Å². The van der Waals surface area contributed by atoms with E-state index in [9.17, 15) is 9.59 Å². The van der Waals surface area contributed by atoms with Crippen molar-refractivity contribution in [2.45, 2.75) is 6.04 Å². The zero-order valence-electron chi connectivity index (χ0n) is 11.9. The maximum absolute atomic E-state index is 12.8. The summed E-state index contributed by atoms with van der Waals surface area (Å²) < 4.78 is 0. The quantitative estimate of drug-likeness (QED) is 0.885. The van der Waals surface area contributed by atoms with Crippen LogP contribution in [0.1, 0.15) is 30.9 Å². The molecule has 2 aromatic heterocycles. The Balaban J connectivity index is 1.86. The fourth-order valence-corrected chi connectivity index (χ4v) is 3.36. The summed E-state index contributed by atoms with van der Waals surface area (Å²) in [6.45, 7) is 2.05. The van der Waals surface area contributed by atoms with Crippen LogP contribution in [0.3, 0.4) is 0 Å². The van der Waals surface area contributed by atoms with Gasteiger partial charge in [-0.1, -0.05) is 6.07 Å². The third-order valence-electron chi connectivity index (χ3n) is 3.63. The van der Waals surface area contributed by atoms with E-state index in [4.69, 9.17) is 5.73 Å². The molecule has 1 saturated heterocycles. The van der Waals surface area contributed by atoms with Gasteiger partial charge in [-0.3, -0.25) is 14.6 Å². The van der Waals surface area contributed by atoms with Gasteiger partial charge in [0.2, 0.25) is 0 Å². The van der Waals surface area contributed by atoms with Gasteiger partial charge in [0.05, 0.1) is 15.8 Å². The molecule has 1 atom stereocenters. The van der Waals surface area contributed by atoms with Crippen molar-refractivity contribution in [2.75, 3.05) is 19.6 Å². The minimum Gasteiger partial charge on any atom is -0.365 e. The number of aromatic nitrogens is 1. The summed E-state index contributed by atoms with van der Waals surface area (Å²) in [5, 5.41) is 3.30. The highest BCUT2D eigenvalue weighted by Crippen LogP contribution is 2.26. The van der Waals surface area contributed by atoms with E-state index in [-0.39, 0.29) is 11.9 Å². The number of pyridine rings is 1. The molecule has 0 aromatic carbocycles. The highest BCUT2D eigenvalue weighted by molar-refractivity contribution is 7.15. The van der Waals surface area contributed by atoms with Crippen LogP contribution in [0.4, 0.5) is 0 Å². The number of nitrogens with two attached hydrogens (primary N) is 1. The molecule has 0 bridgehead atoms. The number of hydrogen-bond acceptors (Lipinski definition) is 5. The van der Waals surface area contributed by atoms with Gasteiger partial charge in [0.25, 0.3) is 11.8 Å². The van der Waals surface area contributed by atoms with Crippen LogP contribution in [0.25, 0.3) is 0 Å². The summed E-state index contributed by atoms with van der Waals surface area (Å²) in [5.41, 5.74) is 6.25. The number of thiophene rings is 1. The molecule has 0 radical (unpaired) electrons. The number of carbonyl (C=O) groups excluding carboxylic acids is 2. The van der Waals surface area contributed by atoms with Crippen molar-refractivity contribution >= 4 is 23.2 Å². The lowest BCUT2D eigenvalue weighted by Crippen LogP contribution is -2.48. The van der Waals surface area contributed by atoms with E-state index in [0.29, 0.717) is 22.8 Å². The van der Waals surface area contributed by atoms with Crippen molar-refractivity contribution in [3.05, 3.63) is 52.0 Å². The first kappa shape index (κ1) is 14.7. The lowest BCUT2D eigenvalue weighted by Gasteiger charge is -2.36. The number of hydrogen-bond donors (Lipinski definition) is 2. The average molecular weight is 316 g/mol. The first-order chi connectivity index (χ1) is 10.7. The van der Waals surface area contributed by atoms with Crippen molar-refractivity contribution in [1.29, 1.82) is 0 Å². The molecule has 2 amide bonds. The van der Waals surface area contributed by atoms with Crippen LogP contribution in [-0.2, 0) is 0 Å². The summed E-state index contributed by atoms with van der Waals surface area (Å²) in [6, 6.07) is 7.03. The minimum atomic E-state index is -0.506. The number of carbonyl (C=O) groups is 2. The second-order valence-corrected chi connectivity index (χ2v) is 6.12. The van der Waals surface area contributed by atoms with Crippen molar-refractivity contribution in [3.63, 3.8) is 0 Å². The third-order valence-corrected chi connectivity index (χ3v) is 4.72. The molecule has 0 saturated carbocycles. The summed E-state index contributed by atoms with van der Waals surface area (Å²) in [5.74, 6) is -0.582. The monoisotopic (exact) mass is 316 g/mol. The molecular weight excluding hydrogens is 300 g/mol. The Hall–Kier alpha value is -2.25. The molecule has 3 rings (SSSR count). The Morgan fingerprint density at radius 3 is 2.82 bits per heavy atom. The summed E-state index contributed by atoms with van der Waals surface area (Å²) in [6.07, 6.45) is 3.49. The smallest absolute Gasteiger partial charge is 0.264 e. The number of primary amides is 1. The number of piperazine rings is 1. The fourth-order valence-electron chi connectivity index (χ4n) is 2.55. The second kappa shape index (κ2) is 6.25. The van der Waals surface area contributed by atoms with E-state index in [1.54, 1.807) is 24.5 Å². The molecule has 6 nitrogen and oxygen atoms in total. The molecule has 1 unspecified atom stereocenters. The SMILES string of the molecule is NC(=O)c1ccc(C(=O)N2CCNCC2c2cccnc2)s1. The Bertz CT molecular complexity index is 686. The predicted molar refractivity (Wildman–Crippen MR) is 83.7 cm³/mol. The zero-order chi connectivity index (χ0) is 15.5.